The SMILES string of the molecule is CCCS(=O)(=O)CCC(=O)c1ccc2c(c1)CNC2. The van der Waals surface area contributed by atoms with E-state index in [9.17, 15) is 13.2 Å². The van der Waals surface area contributed by atoms with Gasteiger partial charge in [-0.05, 0) is 23.6 Å². The molecule has 0 atom stereocenters. The van der Waals surface area contributed by atoms with Gasteiger partial charge >= 0.3 is 0 Å². The summed E-state index contributed by atoms with van der Waals surface area (Å²) in [7, 11) is -3.08. The minimum atomic E-state index is -3.08. The maximum Gasteiger partial charge on any atom is 0.163 e. The molecule has 0 amide bonds. The molecule has 0 saturated carbocycles. The molecular formula is C14H19NO3S. The first kappa shape index (κ1) is 14.2. The standard InChI is InChI=1S/C14H19NO3S/c1-2-6-19(17,18)7-5-14(16)11-3-4-12-9-15-10-13(12)8-11/h3-4,8,15H,2,5-7,9-10H2,1H3. The zero-order chi connectivity index (χ0) is 13.9. The van der Waals surface area contributed by atoms with Crippen LogP contribution >= 0.6 is 0 Å². The van der Waals surface area contributed by atoms with Crippen molar-refractivity contribution >= 4 is 15.6 Å². The van der Waals surface area contributed by atoms with Gasteiger partial charge in [-0.3, -0.25) is 4.79 Å². The van der Waals surface area contributed by atoms with Crippen LogP contribution in [0.5, 0.6) is 0 Å². The first-order valence-electron chi connectivity index (χ1n) is 6.58. The van der Waals surface area contributed by atoms with Crippen molar-refractivity contribution in [2.45, 2.75) is 32.9 Å². The Balaban J connectivity index is 2.01. The summed E-state index contributed by atoms with van der Waals surface area (Å²) in [5, 5.41) is 3.22. The van der Waals surface area contributed by atoms with Crippen LogP contribution in [-0.4, -0.2) is 25.7 Å². The highest BCUT2D eigenvalue weighted by atomic mass is 32.2. The molecule has 1 aromatic rings. The fourth-order valence-electron chi connectivity index (χ4n) is 2.27. The Bertz CT molecular complexity index is 578. The van der Waals surface area contributed by atoms with Gasteiger partial charge in [0, 0.05) is 30.8 Å². The highest BCUT2D eigenvalue weighted by Gasteiger charge is 2.16. The number of nitrogens with one attached hydrogen (secondary N) is 1. The molecule has 1 aliphatic rings. The molecule has 0 radical (unpaired) electrons. The van der Waals surface area contributed by atoms with Gasteiger partial charge in [0.2, 0.25) is 0 Å². The first-order valence-corrected chi connectivity index (χ1v) is 8.40. The van der Waals surface area contributed by atoms with E-state index in [2.05, 4.69) is 5.32 Å². The van der Waals surface area contributed by atoms with Crippen molar-refractivity contribution in [1.29, 1.82) is 0 Å². The van der Waals surface area contributed by atoms with Gasteiger partial charge in [-0.25, -0.2) is 8.42 Å². The van der Waals surface area contributed by atoms with Crippen LogP contribution in [0.3, 0.4) is 0 Å². The summed E-state index contributed by atoms with van der Waals surface area (Å²) in [4.78, 5) is 12.0. The van der Waals surface area contributed by atoms with Crippen molar-refractivity contribution < 1.29 is 13.2 Å². The molecule has 1 heterocycles. The minimum Gasteiger partial charge on any atom is -0.309 e. The van der Waals surface area contributed by atoms with E-state index in [1.54, 1.807) is 6.07 Å². The average Bonchev–Trinajstić information content (AvgIpc) is 2.83. The van der Waals surface area contributed by atoms with Gasteiger partial charge < -0.3 is 5.32 Å². The molecule has 0 fully saturated rings. The number of hydrogen-bond donors (Lipinski definition) is 1. The van der Waals surface area contributed by atoms with E-state index in [1.165, 1.54) is 5.56 Å². The first-order chi connectivity index (χ1) is 9.02. The maximum atomic E-state index is 12.0. The van der Waals surface area contributed by atoms with Crippen LogP contribution in [0.2, 0.25) is 0 Å². The number of hydrogen-bond acceptors (Lipinski definition) is 4. The number of carbonyl (C=O) groups excluding carboxylic acids is 1. The molecule has 0 saturated heterocycles. The maximum absolute atomic E-state index is 12.0. The molecule has 4 nitrogen and oxygen atoms in total. The number of fused-ring (bicyclic) bond motifs is 1. The number of ketones is 1. The molecule has 0 spiro atoms. The van der Waals surface area contributed by atoms with E-state index in [0.29, 0.717) is 12.0 Å². The Hall–Kier alpha value is -1.20. The van der Waals surface area contributed by atoms with Crippen molar-refractivity contribution in [2.75, 3.05) is 11.5 Å². The second kappa shape index (κ2) is 5.84. The fourth-order valence-corrected chi connectivity index (χ4v) is 3.60. The Morgan fingerprint density at radius 1 is 1.21 bits per heavy atom. The molecule has 5 heteroatoms. The summed E-state index contributed by atoms with van der Waals surface area (Å²) in [5.74, 6) is 0.0259. The lowest BCUT2D eigenvalue weighted by Crippen LogP contribution is -2.14. The molecule has 0 aliphatic carbocycles. The van der Waals surface area contributed by atoms with Crippen LogP contribution in [-0.2, 0) is 22.9 Å². The van der Waals surface area contributed by atoms with Gasteiger partial charge in [0.25, 0.3) is 0 Å². The summed E-state index contributed by atoms with van der Waals surface area (Å²) in [6.45, 7) is 3.45. The minimum absolute atomic E-state index is 0.0466. The van der Waals surface area contributed by atoms with Gasteiger partial charge in [0.15, 0.2) is 15.6 Å². The molecule has 0 unspecified atom stereocenters. The Kier molecular flexibility index (Phi) is 4.37. The van der Waals surface area contributed by atoms with Crippen molar-refractivity contribution in [3.8, 4) is 0 Å². The number of carbonyl (C=O) groups is 1. The predicted molar refractivity (Wildman–Crippen MR) is 74.9 cm³/mol. The van der Waals surface area contributed by atoms with Gasteiger partial charge in [-0.1, -0.05) is 19.1 Å². The molecule has 2 rings (SSSR count). The zero-order valence-electron chi connectivity index (χ0n) is 11.1. The summed E-state index contributed by atoms with van der Waals surface area (Å²) >= 11 is 0. The fraction of sp³-hybridized carbons (Fsp3) is 0.500. The van der Waals surface area contributed by atoms with Crippen LogP contribution in [0.25, 0.3) is 0 Å². The molecule has 104 valence electrons. The largest absolute Gasteiger partial charge is 0.309 e. The highest BCUT2D eigenvalue weighted by Crippen LogP contribution is 2.18. The molecule has 1 aliphatic heterocycles. The van der Waals surface area contributed by atoms with Gasteiger partial charge in [0.1, 0.15) is 0 Å². The van der Waals surface area contributed by atoms with Crippen LogP contribution in [0, 0.1) is 0 Å². The van der Waals surface area contributed by atoms with Crippen LogP contribution in [0.15, 0.2) is 18.2 Å². The summed E-state index contributed by atoms with van der Waals surface area (Å²) in [6.07, 6.45) is 0.676. The third kappa shape index (κ3) is 3.64. The average molecular weight is 281 g/mol. The predicted octanol–water partition coefficient (Wildman–Crippen LogP) is 1.69. The molecule has 1 aromatic carbocycles. The summed E-state index contributed by atoms with van der Waals surface area (Å²) in [5.41, 5.74) is 2.98. The normalized spacial score (nSPS) is 14.4. The zero-order valence-corrected chi connectivity index (χ0v) is 11.9. The molecule has 0 aromatic heterocycles. The summed E-state index contributed by atoms with van der Waals surface area (Å²) < 4.78 is 23.2. The third-order valence-corrected chi connectivity index (χ3v) is 5.17. The lowest BCUT2D eigenvalue weighted by molar-refractivity contribution is 0.0988. The molecule has 0 bridgehead atoms. The van der Waals surface area contributed by atoms with E-state index in [4.69, 9.17) is 0 Å². The van der Waals surface area contributed by atoms with E-state index < -0.39 is 9.84 Å². The van der Waals surface area contributed by atoms with Crippen molar-refractivity contribution in [3.05, 3.63) is 34.9 Å². The Morgan fingerprint density at radius 2 is 1.95 bits per heavy atom. The number of sulfone groups is 1. The topological polar surface area (TPSA) is 63.2 Å². The quantitative estimate of drug-likeness (QED) is 0.806. The van der Waals surface area contributed by atoms with Gasteiger partial charge in [0.05, 0.1) is 5.75 Å². The van der Waals surface area contributed by atoms with E-state index in [1.807, 2.05) is 19.1 Å². The monoisotopic (exact) mass is 281 g/mol. The van der Waals surface area contributed by atoms with Gasteiger partial charge in [-0.15, -0.1) is 0 Å². The summed E-state index contributed by atoms with van der Waals surface area (Å²) in [6, 6.07) is 5.62. The van der Waals surface area contributed by atoms with Crippen molar-refractivity contribution in [1.82, 2.24) is 5.32 Å². The number of Topliss-reactive ketones (excluding diaryl/α,β-unsaturated/α-hetero) is 1. The van der Waals surface area contributed by atoms with Crippen LogP contribution in [0.1, 0.15) is 41.3 Å². The van der Waals surface area contributed by atoms with E-state index in [-0.39, 0.29) is 23.7 Å². The molecule has 1 N–H and O–H groups in total. The number of benzene rings is 1. The lowest BCUT2D eigenvalue weighted by atomic mass is 10.0. The smallest absolute Gasteiger partial charge is 0.163 e. The van der Waals surface area contributed by atoms with E-state index >= 15 is 0 Å². The Labute approximate surface area is 114 Å². The van der Waals surface area contributed by atoms with E-state index in [0.717, 1.165) is 18.7 Å². The highest BCUT2D eigenvalue weighted by molar-refractivity contribution is 7.91. The lowest BCUT2D eigenvalue weighted by Gasteiger charge is -2.05. The third-order valence-electron chi connectivity index (χ3n) is 3.31. The second-order valence-corrected chi connectivity index (χ2v) is 7.22. The van der Waals surface area contributed by atoms with Crippen LogP contribution in [0.4, 0.5) is 0 Å². The second-order valence-electron chi connectivity index (χ2n) is 4.91. The van der Waals surface area contributed by atoms with Gasteiger partial charge in [-0.2, -0.15) is 0 Å². The number of rotatable bonds is 6. The Morgan fingerprint density at radius 3 is 2.68 bits per heavy atom. The molecule has 19 heavy (non-hydrogen) atoms. The van der Waals surface area contributed by atoms with Crippen molar-refractivity contribution in [2.24, 2.45) is 0 Å². The molecular weight excluding hydrogens is 262 g/mol. The van der Waals surface area contributed by atoms with Crippen molar-refractivity contribution in [3.63, 3.8) is 0 Å². The van der Waals surface area contributed by atoms with Crippen LogP contribution < -0.4 is 5.32 Å².